The zero-order chi connectivity index (χ0) is 19.1. The van der Waals surface area contributed by atoms with Crippen LogP contribution in [0, 0.1) is 0 Å². The molecule has 5 rings (SSSR count). The van der Waals surface area contributed by atoms with Crippen molar-refractivity contribution in [3.8, 4) is 11.5 Å². The van der Waals surface area contributed by atoms with Crippen LogP contribution >= 0.6 is 0 Å². The minimum Gasteiger partial charge on any atom is -0.454 e. The van der Waals surface area contributed by atoms with Crippen LogP contribution in [0.25, 0.3) is 11.0 Å². The number of hydrogen-bond donors (Lipinski definition) is 2. The third-order valence-corrected chi connectivity index (χ3v) is 4.75. The molecule has 1 aromatic heterocycles. The maximum atomic E-state index is 12.5. The first-order chi connectivity index (χ1) is 13.7. The first-order valence-corrected chi connectivity index (χ1v) is 8.73. The number of fused-ring (bicyclic) bond motifs is 2. The molecule has 2 amide bonds. The average molecular weight is 377 g/mol. The van der Waals surface area contributed by atoms with Gasteiger partial charge < -0.3 is 19.2 Å². The molecular formula is C20H15N3O5. The number of benzene rings is 2. The highest BCUT2D eigenvalue weighted by molar-refractivity contribution is 6.03. The summed E-state index contributed by atoms with van der Waals surface area (Å²) in [5, 5.41) is 7.76. The number of para-hydroxylation sites is 1. The van der Waals surface area contributed by atoms with E-state index in [0.29, 0.717) is 34.8 Å². The largest absolute Gasteiger partial charge is 0.454 e. The number of amides is 2. The van der Waals surface area contributed by atoms with Gasteiger partial charge in [-0.2, -0.15) is 5.10 Å². The Hall–Kier alpha value is -3.81. The van der Waals surface area contributed by atoms with E-state index in [1.807, 2.05) is 24.3 Å². The molecule has 2 aromatic carbocycles. The summed E-state index contributed by atoms with van der Waals surface area (Å²) in [6.45, 7) is 0.169. The Morgan fingerprint density at radius 2 is 1.86 bits per heavy atom. The highest BCUT2D eigenvalue weighted by Gasteiger charge is 2.25. The fraction of sp³-hybridized carbons (Fsp3) is 0.150. The van der Waals surface area contributed by atoms with Gasteiger partial charge in [0.05, 0.1) is 17.3 Å². The van der Waals surface area contributed by atoms with Crippen LogP contribution in [-0.4, -0.2) is 18.5 Å². The normalized spacial score (nSPS) is 18.2. The van der Waals surface area contributed by atoms with Crippen LogP contribution in [0.1, 0.15) is 23.6 Å². The van der Waals surface area contributed by atoms with Crippen LogP contribution in [0.5, 0.6) is 11.5 Å². The minimum atomic E-state index is -0.502. The second kappa shape index (κ2) is 6.41. The summed E-state index contributed by atoms with van der Waals surface area (Å²) in [4.78, 5) is 24.6. The number of nitrogens with zero attached hydrogens (tertiary/aromatic N) is 1. The number of rotatable bonds is 2. The van der Waals surface area contributed by atoms with Crippen LogP contribution in [0.2, 0.25) is 0 Å². The Bertz CT molecular complexity index is 1180. The SMILES string of the molecule is O=C1NN=C(c2cc3ccccc3oc2=O)CC(c2ccc3c(c2)OCO3)N1. The van der Waals surface area contributed by atoms with Gasteiger partial charge in [-0.25, -0.2) is 15.0 Å². The van der Waals surface area contributed by atoms with Gasteiger partial charge in [0.15, 0.2) is 11.5 Å². The highest BCUT2D eigenvalue weighted by atomic mass is 16.7. The van der Waals surface area contributed by atoms with Crippen molar-refractivity contribution in [1.82, 2.24) is 10.7 Å². The van der Waals surface area contributed by atoms with Crippen LogP contribution < -0.4 is 25.8 Å². The third-order valence-electron chi connectivity index (χ3n) is 4.75. The number of ether oxygens (including phenoxy) is 2. The van der Waals surface area contributed by atoms with E-state index >= 15 is 0 Å². The summed E-state index contributed by atoms with van der Waals surface area (Å²) in [6, 6.07) is 13.6. The molecule has 0 saturated carbocycles. The molecule has 0 aliphatic carbocycles. The van der Waals surface area contributed by atoms with E-state index in [1.165, 1.54) is 0 Å². The molecule has 0 bridgehead atoms. The maximum absolute atomic E-state index is 12.5. The summed E-state index contributed by atoms with van der Waals surface area (Å²) >= 11 is 0. The molecule has 8 nitrogen and oxygen atoms in total. The van der Waals surface area contributed by atoms with Crippen molar-refractivity contribution in [3.63, 3.8) is 0 Å². The average Bonchev–Trinajstić information content (AvgIpc) is 3.09. The Morgan fingerprint density at radius 3 is 2.79 bits per heavy atom. The van der Waals surface area contributed by atoms with Crippen molar-refractivity contribution in [2.45, 2.75) is 12.5 Å². The van der Waals surface area contributed by atoms with Crippen molar-refractivity contribution in [1.29, 1.82) is 0 Å². The molecule has 0 fully saturated rings. The number of hydrazone groups is 1. The zero-order valence-corrected chi connectivity index (χ0v) is 14.6. The van der Waals surface area contributed by atoms with Crippen molar-refractivity contribution in [2.24, 2.45) is 5.10 Å². The number of carbonyl (C=O) groups excluding carboxylic acids is 1. The summed E-state index contributed by atoms with van der Waals surface area (Å²) in [5.41, 5.74) is 3.98. The molecule has 3 heterocycles. The molecule has 28 heavy (non-hydrogen) atoms. The lowest BCUT2D eigenvalue weighted by Gasteiger charge is -2.17. The lowest BCUT2D eigenvalue weighted by molar-refractivity contribution is 0.174. The van der Waals surface area contributed by atoms with E-state index in [-0.39, 0.29) is 6.79 Å². The van der Waals surface area contributed by atoms with Gasteiger partial charge in [-0.15, -0.1) is 0 Å². The summed E-state index contributed by atoms with van der Waals surface area (Å²) in [6.07, 6.45) is 0.307. The second-order valence-corrected chi connectivity index (χ2v) is 6.50. The van der Waals surface area contributed by atoms with Crippen molar-refractivity contribution >= 4 is 22.7 Å². The number of hydrogen-bond acceptors (Lipinski definition) is 6. The molecule has 8 heteroatoms. The van der Waals surface area contributed by atoms with Crippen LogP contribution in [-0.2, 0) is 0 Å². The fourth-order valence-electron chi connectivity index (χ4n) is 3.36. The summed E-state index contributed by atoms with van der Waals surface area (Å²) in [7, 11) is 0. The van der Waals surface area contributed by atoms with Gasteiger partial charge in [0.1, 0.15) is 5.58 Å². The highest BCUT2D eigenvalue weighted by Crippen LogP contribution is 2.35. The number of nitrogens with one attached hydrogen (secondary N) is 2. The Morgan fingerprint density at radius 1 is 1.00 bits per heavy atom. The standard InChI is InChI=1S/C20H15N3O5/c24-19-13(7-12-3-1-2-4-16(12)28-19)15-9-14(21-20(25)23-22-15)11-5-6-17-18(8-11)27-10-26-17/h1-8,14H,9-10H2,(H2,21,23,25). The maximum Gasteiger partial charge on any atom is 0.345 e. The van der Waals surface area contributed by atoms with Crippen molar-refractivity contribution in [3.05, 3.63) is 70.1 Å². The molecule has 140 valence electrons. The van der Waals surface area contributed by atoms with E-state index in [1.54, 1.807) is 24.3 Å². The molecule has 2 N–H and O–H groups in total. The van der Waals surface area contributed by atoms with Gasteiger partial charge in [0, 0.05) is 11.8 Å². The quantitative estimate of drug-likeness (QED) is 0.669. The van der Waals surface area contributed by atoms with E-state index in [4.69, 9.17) is 13.9 Å². The molecule has 3 aromatic rings. The van der Waals surface area contributed by atoms with Gasteiger partial charge in [0.2, 0.25) is 6.79 Å². The molecule has 0 spiro atoms. The number of carbonyl (C=O) groups is 1. The van der Waals surface area contributed by atoms with Crippen molar-refractivity contribution < 1.29 is 18.7 Å². The van der Waals surface area contributed by atoms with Crippen LogP contribution in [0.3, 0.4) is 0 Å². The predicted molar refractivity (Wildman–Crippen MR) is 101 cm³/mol. The first kappa shape index (κ1) is 16.4. The zero-order valence-electron chi connectivity index (χ0n) is 14.6. The summed E-state index contributed by atoms with van der Waals surface area (Å²) < 4.78 is 16.2. The third kappa shape index (κ3) is 2.84. The predicted octanol–water partition coefficient (Wildman–Crippen LogP) is 2.67. The van der Waals surface area contributed by atoms with Gasteiger partial charge in [0.25, 0.3) is 0 Å². The Labute approximate surface area is 158 Å². The molecule has 2 aliphatic heterocycles. The topological polar surface area (TPSA) is 102 Å². The van der Waals surface area contributed by atoms with Crippen LogP contribution in [0.15, 0.2) is 62.8 Å². The lowest BCUT2D eigenvalue weighted by atomic mass is 9.97. The second-order valence-electron chi connectivity index (χ2n) is 6.50. The first-order valence-electron chi connectivity index (χ1n) is 8.73. The van der Waals surface area contributed by atoms with Gasteiger partial charge in [-0.3, -0.25) is 0 Å². The monoisotopic (exact) mass is 377 g/mol. The Kier molecular flexibility index (Phi) is 3.75. The van der Waals surface area contributed by atoms with E-state index < -0.39 is 17.7 Å². The van der Waals surface area contributed by atoms with E-state index in [9.17, 15) is 9.59 Å². The van der Waals surface area contributed by atoms with E-state index in [2.05, 4.69) is 15.8 Å². The molecular weight excluding hydrogens is 362 g/mol. The van der Waals surface area contributed by atoms with Gasteiger partial charge in [-0.05, 0) is 29.8 Å². The van der Waals surface area contributed by atoms with Crippen LogP contribution in [0.4, 0.5) is 4.79 Å². The summed E-state index contributed by atoms with van der Waals surface area (Å²) in [5.74, 6) is 1.28. The minimum absolute atomic E-state index is 0.169. The van der Waals surface area contributed by atoms with Gasteiger partial charge >= 0.3 is 11.7 Å². The van der Waals surface area contributed by atoms with E-state index in [0.717, 1.165) is 10.9 Å². The molecule has 2 aliphatic rings. The molecule has 0 saturated heterocycles. The lowest BCUT2D eigenvalue weighted by Crippen LogP contribution is -2.33. The molecule has 1 atom stereocenters. The van der Waals surface area contributed by atoms with Crippen molar-refractivity contribution in [2.75, 3.05) is 6.79 Å². The fourth-order valence-corrected chi connectivity index (χ4v) is 3.36. The molecule has 1 unspecified atom stereocenters. The smallest absolute Gasteiger partial charge is 0.345 e. The molecule has 0 radical (unpaired) electrons. The Balaban J connectivity index is 1.54. The number of urea groups is 1. The van der Waals surface area contributed by atoms with Gasteiger partial charge in [-0.1, -0.05) is 24.3 Å².